The highest BCUT2D eigenvalue weighted by atomic mass is 19.1. The third-order valence-corrected chi connectivity index (χ3v) is 2.30. The van der Waals surface area contributed by atoms with Crippen LogP contribution in [0.3, 0.4) is 0 Å². The van der Waals surface area contributed by atoms with Crippen LogP contribution in [0.4, 0.5) is 4.39 Å². The van der Waals surface area contributed by atoms with Gasteiger partial charge < -0.3 is 15.2 Å². The molecule has 0 fully saturated rings. The Labute approximate surface area is 100 Å². The Morgan fingerprint density at radius 2 is 2.24 bits per heavy atom. The van der Waals surface area contributed by atoms with Gasteiger partial charge in [-0.25, -0.2) is 4.39 Å². The Balaban J connectivity index is 2.69. The minimum absolute atomic E-state index is 0.132. The molecule has 5 heteroatoms. The van der Waals surface area contributed by atoms with E-state index in [1.54, 1.807) is 13.2 Å². The highest BCUT2D eigenvalue weighted by Gasteiger charge is 2.10. The summed E-state index contributed by atoms with van der Waals surface area (Å²) in [5.41, 5.74) is 5.61. The van der Waals surface area contributed by atoms with E-state index >= 15 is 0 Å². The molecule has 1 rings (SSSR count). The smallest absolute Gasteiger partial charge is 0.165 e. The molecule has 3 N–H and O–H groups in total. The molecule has 0 aliphatic heterocycles. The molecular weight excluding hydrogens is 223 g/mol. The number of benzene rings is 1. The molecule has 1 aromatic rings. The first kappa shape index (κ1) is 13.4. The number of hydrogen-bond donors (Lipinski definition) is 2. The standard InChI is InChI=1S/C12H17FN2O2/c1-8(5-6-16-2)17-11-4-3-9(12(14)15)7-10(11)13/h3-4,7-8H,5-6H2,1-2H3,(H3,14,15). The summed E-state index contributed by atoms with van der Waals surface area (Å²) in [7, 11) is 1.61. The van der Waals surface area contributed by atoms with Crippen molar-refractivity contribution in [3.8, 4) is 5.75 Å². The average Bonchev–Trinajstić information content (AvgIpc) is 2.28. The first-order valence-electron chi connectivity index (χ1n) is 5.34. The lowest BCUT2D eigenvalue weighted by Crippen LogP contribution is -2.16. The Morgan fingerprint density at radius 3 is 2.76 bits per heavy atom. The number of nitrogens with one attached hydrogen (secondary N) is 1. The van der Waals surface area contributed by atoms with E-state index in [2.05, 4.69) is 0 Å². The van der Waals surface area contributed by atoms with E-state index in [1.807, 2.05) is 6.92 Å². The van der Waals surface area contributed by atoms with Crippen molar-refractivity contribution in [2.24, 2.45) is 5.73 Å². The second kappa shape index (κ2) is 6.20. The summed E-state index contributed by atoms with van der Waals surface area (Å²) >= 11 is 0. The van der Waals surface area contributed by atoms with E-state index in [0.717, 1.165) is 0 Å². The van der Waals surface area contributed by atoms with Gasteiger partial charge in [0.05, 0.1) is 6.10 Å². The summed E-state index contributed by atoms with van der Waals surface area (Å²) in [6.07, 6.45) is 0.553. The normalized spacial score (nSPS) is 12.2. The fraction of sp³-hybridized carbons (Fsp3) is 0.417. The summed E-state index contributed by atoms with van der Waals surface area (Å²) in [6, 6.07) is 4.24. The number of hydrogen-bond acceptors (Lipinski definition) is 3. The van der Waals surface area contributed by atoms with Gasteiger partial charge in [-0.1, -0.05) is 0 Å². The second-order valence-corrected chi connectivity index (χ2v) is 3.77. The number of nitrogen functional groups attached to an aromatic ring is 1. The summed E-state index contributed by atoms with van der Waals surface area (Å²) in [6.45, 7) is 2.41. The maximum absolute atomic E-state index is 13.6. The summed E-state index contributed by atoms with van der Waals surface area (Å²) in [5.74, 6) is -0.511. The van der Waals surface area contributed by atoms with Crippen LogP contribution in [0, 0.1) is 11.2 Å². The highest BCUT2D eigenvalue weighted by molar-refractivity contribution is 5.95. The molecule has 0 saturated heterocycles. The van der Waals surface area contributed by atoms with Crippen LogP contribution < -0.4 is 10.5 Å². The second-order valence-electron chi connectivity index (χ2n) is 3.77. The van der Waals surface area contributed by atoms with Crippen molar-refractivity contribution in [2.75, 3.05) is 13.7 Å². The fourth-order valence-electron chi connectivity index (χ4n) is 1.32. The summed E-state index contributed by atoms with van der Waals surface area (Å²) in [5, 5.41) is 7.19. The summed E-state index contributed by atoms with van der Waals surface area (Å²) < 4.78 is 23.9. The summed E-state index contributed by atoms with van der Waals surface area (Å²) in [4.78, 5) is 0. The zero-order valence-electron chi connectivity index (χ0n) is 10.00. The molecule has 0 aliphatic carbocycles. The van der Waals surface area contributed by atoms with Crippen molar-refractivity contribution < 1.29 is 13.9 Å². The molecule has 0 aromatic heterocycles. The van der Waals surface area contributed by atoms with Crippen LogP contribution in [0.15, 0.2) is 18.2 Å². The van der Waals surface area contributed by atoms with Gasteiger partial charge >= 0.3 is 0 Å². The molecule has 0 bridgehead atoms. The minimum atomic E-state index is -0.512. The van der Waals surface area contributed by atoms with Crippen LogP contribution in [0.1, 0.15) is 18.9 Å². The van der Waals surface area contributed by atoms with E-state index in [1.165, 1.54) is 12.1 Å². The molecule has 0 saturated carbocycles. The van der Waals surface area contributed by atoms with Gasteiger partial charge in [0.2, 0.25) is 0 Å². The SMILES string of the molecule is COCCC(C)Oc1ccc(C(=N)N)cc1F. The van der Waals surface area contributed by atoms with Crippen molar-refractivity contribution >= 4 is 5.84 Å². The Bertz CT molecular complexity index is 396. The number of amidine groups is 1. The molecule has 0 spiro atoms. The zero-order chi connectivity index (χ0) is 12.8. The van der Waals surface area contributed by atoms with E-state index in [0.29, 0.717) is 18.6 Å². The first-order valence-corrected chi connectivity index (χ1v) is 5.34. The Morgan fingerprint density at radius 1 is 1.53 bits per heavy atom. The predicted molar refractivity (Wildman–Crippen MR) is 64.0 cm³/mol. The molecule has 1 aromatic carbocycles. The van der Waals surface area contributed by atoms with Gasteiger partial charge in [-0.05, 0) is 25.1 Å². The van der Waals surface area contributed by atoms with Gasteiger partial charge in [0.15, 0.2) is 11.6 Å². The molecule has 4 nitrogen and oxygen atoms in total. The average molecular weight is 240 g/mol. The molecule has 0 aliphatic rings. The zero-order valence-corrected chi connectivity index (χ0v) is 10.00. The molecule has 17 heavy (non-hydrogen) atoms. The monoisotopic (exact) mass is 240 g/mol. The molecule has 1 atom stereocenters. The van der Waals surface area contributed by atoms with Crippen molar-refractivity contribution in [2.45, 2.75) is 19.4 Å². The topological polar surface area (TPSA) is 68.3 Å². The van der Waals surface area contributed by atoms with Crippen LogP contribution in [-0.4, -0.2) is 25.7 Å². The van der Waals surface area contributed by atoms with Gasteiger partial charge in [0.25, 0.3) is 0 Å². The van der Waals surface area contributed by atoms with Crippen LogP contribution >= 0.6 is 0 Å². The molecule has 0 amide bonds. The molecule has 1 unspecified atom stereocenters. The quantitative estimate of drug-likeness (QED) is 0.589. The van der Waals surface area contributed by atoms with Crippen molar-refractivity contribution in [3.63, 3.8) is 0 Å². The van der Waals surface area contributed by atoms with Crippen molar-refractivity contribution in [1.82, 2.24) is 0 Å². The maximum Gasteiger partial charge on any atom is 0.165 e. The van der Waals surface area contributed by atoms with Crippen LogP contribution in [0.25, 0.3) is 0 Å². The van der Waals surface area contributed by atoms with Crippen LogP contribution in [0.2, 0.25) is 0 Å². The predicted octanol–water partition coefficient (Wildman–Crippen LogP) is 1.91. The van der Waals surface area contributed by atoms with Crippen molar-refractivity contribution in [1.29, 1.82) is 5.41 Å². The maximum atomic E-state index is 13.6. The lowest BCUT2D eigenvalue weighted by Gasteiger charge is -2.15. The lowest BCUT2D eigenvalue weighted by molar-refractivity contribution is 0.132. The van der Waals surface area contributed by atoms with Crippen LogP contribution in [0.5, 0.6) is 5.75 Å². The minimum Gasteiger partial charge on any atom is -0.488 e. The first-order chi connectivity index (χ1) is 8.04. The van der Waals surface area contributed by atoms with Gasteiger partial charge in [0.1, 0.15) is 5.84 Å². The third kappa shape index (κ3) is 4.03. The molecule has 0 heterocycles. The Hall–Kier alpha value is -1.62. The van der Waals surface area contributed by atoms with Gasteiger partial charge in [-0.2, -0.15) is 0 Å². The van der Waals surface area contributed by atoms with Gasteiger partial charge in [-0.15, -0.1) is 0 Å². The van der Waals surface area contributed by atoms with Crippen molar-refractivity contribution in [3.05, 3.63) is 29.6 Å². The van der Waals surface area contributed by atoms with E-state index in [9.17, 15) is 4.39 Å². The lowest BCUT2D eigenvalue weighted by atomic mass is 10.2. The van der Waals surface area contributed by atoms with Gasteiger partial charge in [-0.3, -0.25) is 5.41 Å². The van der Waals surface area contributed by atoms with Gasteiger partial charge in [0, 0.05) is 25.7 Å². The molecular formula is C12H17FN2O2. The van der Waals surface area contributed by atoms with E-state index in [4.69, 9.17) is 20.6 Å². The van der Waals surface area contributed by atoms with Crippen LogP contribution in [-0.2, 0) is 4.74 Å². The largest absolute Gasteiger partial charge is 0.488 e. The number of ether oxygens (including phenoxy) is 2. The number of nitrogens with two attached hydrogens (primary N) is 1. The number of methoxy groups -OCH3 is 1. The number of halogens is 1. The molecule has 0 radical (unpaired) electrons. The molecule has 94 valence electrons. The van der Waals surface area contributed by atoms with E-state index < -0.39 is 5.82 Å². The highest BCUT2D eigenvalue weighted by Crippen LogP contribution is 2.20. The Kier molecular flexibility index (Phi) is 4.90. The van der Waals surface area contributed by atoms with E-state index in [-0.39, 0.29) is 17.7 Å². The number of rotatable bonds is 6. The third-order valence-electron chi connectivity index (χ3n) is 2.30. The fourth-order valence-corrected chi connectivity index (χ4v) is 1.32.